The minimum Gasteiger partial charge on any atom is -0.444 e. The first-order valence-corrected chi connectivity index (χ1v) is 10.1. The summed E-state index contributed by atoms with van der Waals surface area (Å²) in [5, 5.41) is 7.45. The molecular formula is C23H27F2N3O4. The lowest BCUT2D eigenvalue weighted by Gasteiger charge is -2.21. The Kier molecular flexibility index (Phi) is 8.28. The third kappa shape index (κ3) is 7.33. The first-order chi connectivity index (χ1) is 15.0. The van der Waals surface area contributed by atoms with Gasteiger partial charge in [-0.15, -0.1) is 0 Å². The van der Waals surface area contributed by atoms with Gasteiger partial charge in [0.05, 0.1) is 5.56 Å². The molecule has 0 heterocycles. The van der Waals surface area contributed by atoms with Crippen LogP contribution in [0.1, 0.15) is 38.1 Å². The normalized spacial score (nSPS) is 11.9. The van der Waals surface area contributed by atoms with Gasteiger partial charge in [0.2, 0.25) is 5.91 Å². The lowest BCUT2D eigenvalue weighted by molar-refractivity contribution is -0.122. The molecular weight excluding hydrogens is 420 g/mol. The average Bonchev–Trinajstić information content (AvgIpc) is 2.70. The largest absolute Gasteiger partial charge is 0.444 e. The molecule has 2 aromatic rings. The van der Waals surface area contributed by atoms with Crippen molar-refractivity contribution < 1.29 is 27.9 Å². The van der Waals surface area contributed by atoms with Crippen molar-refractivity contribution in [1.82, 2.24) is 16.0 Å². The average molecular weight is 447 g/mol. The highest BCUT2D eigenvalue weighted by molar-refractivity contribution is 5.95. The molecule has 3 amide bonds. The summed E-state index contributed by atoms with van der Waals surface area (Å²) >= 11 is 0. The second-order valence-corrected chi connectivity index (χ2v) is 8.09. The van der Waals surface area contributed by atoms with Crippen LogP contribution in [0, 0.1) is 11.6 Å². The number of ether oxygens (including phenoxy) is 1. The van der Waals surface area contributed by atoms with E-state index in [9.17, 15) is 23.2 Å². The van der Waals surface area contributed by atoms with Crippen molar-refractivity contribution in [2.24, 2.45) is 0 Å². The van der Waals surface area contributed by atoms with E-state index in [0.29, 0.717) is 5.56 Å². The van der Waals surface area contributed by atoms with Gasteiger partial charge in [0.25, 0.3) is 5.91 Å². The number of rotatable bonds is 7. The molecule has 1 atom stereocenters. The van der Waals surface area contributed by atoms with Crippen LogP contribution in [0.25, 0.3) is 11.1 Å². The molecule has 0 aliphatic rings. The van der Waals surface area contributed by atoms with E-state index in [1.54, 1.807) is 26.8 Å². The summed E-state index contributed by atoms with van der Waals surface area (Å²) in [4.78, 5) is 36.1. The highest BCUT2D eigenvalue weighted by atomic mass is 19.1. The molecule has 7 nitrogen and oxygen atoms in total. The maximum Gasteiger partial charge on any atom is 0.408 e. The maximum atomic E-state index is 14.1. The van der Waals surface area contributed by atoms with Crippen LogP contribution in [-0.4, -0.2) is 42.6 Å². The number of carbonyl (C=O) groups excluding carboxylic acids is 3. The first-order valence-electron chi connectivity index (χ1n) is 10.1. The molecule has 0 saturated heterocycles. The molecule has 3 N–H and O–H groups in total. The molecule has 0 unspecified atom stereocenters. The molecule has 0 spiro atoms. The summed E-state index contributed by atoms with van der Waals surface area (Å²) in [7, 11) is 0. The topological polar surface area (TPSA) is 96.5 Å². The van der Waals surface area contributed by atoms with Crippen LogP contribution in [-0.2, 0) is 9.53 Å². The highest BCUT2D eigenvalue weighted by Gasteiger charge is 2.21. The van der Waals surface area contributed by atoms with Gasteiger partial charge in [-0.1, -0.05) is 24.3 Å². The summed E-state index contributed by atoms with van der Waals surface area (Å²) in [5.74, 6) is -2.41. The van der Waals surface area contributed by atoms with E-state index in [4.69, 9.17) is 4.74 Å². The third-order valence-corrected chi connectivity index (χ3v) is 4.23. The molecule has 0 fully saturated rings. The van der Waals surface area contributed by atoms with Crippen molar-refractivity contribution in [1.29, 1.82) is 0 Å². The Bertz CT molecular complexity index is 989. The number of benzene rings is 2. The van der Waals surface area contributed by atoms with Crippen molar-refractivity contribution in [2.45, 2.75) is 39.3 Å². The molecule has 0 saturated carbocycles. The quantitative estimate of drug-likeness (QED) is 0.567. The second kappa shape index (κ2) is 10.7. The van der Waals surface area contributed by atoms with Crippen LogP contribution >= 0.6 is 0 Å². The maximum absolute atomic E-state index is 14.1. The van der Waals surface area contributed by atoms with Crippen LogP contribution < -0.4 is 16.0 Å². The minimum absolute atomic E-state index is 0.0209. The Morgan fingerprint density at radius 3 is 2.28 bits per heavy atom. The van der Waals surface area contributed by atoms with Crippen molar-refractivity contribution >= 4 is 17.9 Å². The van der Waals surface area contributed by atoms with E-state index in [0.717, 1.165) is 6.07 Å². The molecule has 0 bridgehead atoms. The van der Waals surface area contributed by atoms with E-state index < -0.39 is 41.2 Å². The molecule has 0 aliphatic carbocycles. The number of hydrogen-bond acceptors (Lipinski definition) is 4. The summed E-state index contributed by atoms with van der Waals surface area (Å²) < 4.78 is 33.2. The fourth-order valence-corrected chi connectivity index (χ4v) is 2.72. The minimum atomic E-state index is -0.851. The first kappa shape index (κ1) is 24.8. The van der Waals surface area contributed by atoms with Gasteiger partial charge >= 0.3 is 6.09 Å². The molecule has 0 radical (unpaired) electrons. The summed E-state index contributed by atoms with van der Waals surface area (Å²) in [5.41, 5.74) is -0.314. The van der Waals surface area contributed by atoms with Crippen molar-refractivity contribution in [3.63, 3.8) is 0 Å². The van der Waals surface area contributed by atoms with Crippen molar-refractivity contribution in [2.75, 3.05) is 13.1 Å². The molecule has 172 valence electrons. The van der Waals surface area contributed by atoms with E-state index in [2.05, 4.69) is 16.0 Å². The SMILES string of the molecule is C[C@H](NC(=O)OC(C)(C)C)C(=O)NCCNC(=O)c1cc(-c2ccccc2F)ccc1F. The Labute approximate surface area is 185 Å². The van der Waals surface area contributed by atoms with Crippen LogP contribution in [0.5, 0.6) is 0 Å². The zero-order valence-electron chi connectivity index (χ0n) is 18.4. The number of hydrogen-bond donors (Lipinski definition) is 3. The Hall–Kier alpha value is -3.49. The van der Waals surface area contributed by atoms with E-state index in [1.165, 1.54) is 37.3 Å². The monoisotopic (exact) mass is 447 g/mol. The Morgan fingerprint density at radius 1 is 0.969 bits per heavy atom. The summed E-state index contributed by atoms with van der Waals surface area (Å²) in [6.07, 6.45) is -0.723. The van der Waals surface area contributed by atoms with Crippen LogP contribution in [0.15, 0.2) is 42.5 Å². The number of amides is 3. The molecule has 9 heteroatoms. The Morgan fingerprint density at radius 2 is 1.62 bits per heavy atom. The lowest BCUT2D eigenvalue weighted by Crippen LogP contribution is -2.47. The molecule has 2 aromatic carbocycles. The van der Waals surface area contributed by atoms with Gasteiger partial charge in [-0.3, -0.25) is 9.59 Å². The number of nitrogens with one attached hydrogen (secondary N) is 3. The number of carbonyl (C=O) groups is 3. The highest BCUT2D eigenvalue weighted by Crippen LogP contribution is 2.24. The van der Waals surface area contributed by atoms with Gasteiger partial charge in [-0.25, -0.2) is 13.6 Å². The Balaban J connectivity index is 1.87. The van der Waals surface area contributed by atoms with Gasteiger partial charge in [0.15, 0.2) is 0 Å². The van der Waals surface area contributed by atoms with Gasteiger partial charge in [-0.2, -0.15) is 0 Å². The smallest absolute Gasteiger partial charge is 0.408 e. The van der Waals surface area contributed by atoms with Gasteiger partial charge in [0, 0.05) is 18.7 Å². The van der Waals surface area contributed by atoms with Gasteiger partial charge in [-0.05, 0) is 51.5 Å². The zero-order chi connectivity index (χ0) is 23.9. The van der Waals surface area contributed by atoms with Crippen LogP contribution in [0.2, 0.25) is 0 Å². The fraction of sp³-hybridized carbons (Fsp3) is 0.348. The lowest BCUT2D eigenvalue weighted by atomic mass is 10.0. The predicted octanol–water partition coefficient (Wildman–Crippen LogP) is 3.39. The van der Waals surface area contributed by atoms with Crippen molar-refractivity contribution in [3.8, 4) is 11.1 Å². The molecule has 2 rings (SSSR count). The molecule has 0 aliphatic heterocycles. The van der Waals surface area contributed by atoms with E-state index in [-0.39, 0.29) is 24.2 Å². The van der Waals surface area contributed by atoms with Crippen LogP contribution in [0.4, 0.5) is 13.6 Å². The zero-order valence-corrected chi connectivity index (χ0v) is 18.4. The predicted molar refractivity (Wildman–Crippen MR) is 116 cm³/mol. The molecule has 0 aromatic heterocycles. The summed E-state index contributed by atoms with van der Waals surface area (Å²) in [6.45, 7) is 6.67. The summed E-state index contributed by atoms with van der Waals surface area (Å²) in [6, 6.07) is 8.90. The van der Waals surface area contributed by atoms with Gasteiger partial charge in [0.1, 0.15) is 23.3 Å². The third-order valence-electron chi connectivity index (χ3n) is 4.23. The van der Waals surface area contributed by atoms with E-state index >= 15 is 0 Å². The molecule has 32 heavy (non-hydrogen) atoms. The fourth-order valence-electron chi connectivity index (χ4n) is 2.72. The second-order valence-electron chi connectivity index (χ2n) is 8.09. The van der Waals surface area contributed by atoms with Crippen molar-refractivity contribution in [3.05, 3.63) is 59.7 Å². The number of halogens is 2. The van der Waals surface area contributed by atoms with Gasteiger partial charge < -0.3 is 20.7 Å². The standard InChI is InChI=1S/C23H27F2N3O4/c1-14(28-22(31)32-23(2,3)4)20(29)26-11-12-27-21(30)17-13-15(9-10-19(17)25)16-7-5-6-8-18(16)24/h5-10,13-14H,11-12H2,1-4H3,(H,26,29)(H,27,30)(H,28,31)/t14-/m0/s1. The van der Waals surface area contributed by atoms with Crippen LogP contribution in [0.3, 0.4) is 0 Å². The van der Waals surface area contributed by atoms with E-state index in [1.807, 2.05) is 0 Å². The number of alkyl carbamates (subject to hydrolysis) is 1.